The van der Waals surface area contributed by atoms with Crippen molar-refractivity contribution in [2.45, 2.75) is 71.9 Å². The highest BCUT2D eigenvalue weighted by molar-refractivity contribution is 5.80. The van der Waals surface area contributed by atoms with Crippen LogP contribution < -0.4 is 10.1 Å². The van der Waals surface area contributed by atoms with Gasteiger partial charge in [0.15, 0.2) is 6.10 Å². The molecule has 1 unspecified atom stereocenters. The highest BCUT2D eigenvalue weighted by atomic mass is 16.5. The van der Waals surface area contributed by atoms with Crippen LogP contribution in [0.5, 0.6) is 5.75 Å². The summed E-state index contributed by atoms with van der Waals surface area (Å²) in [5.74, 6) is 0.720. The van der Waals surface area contributed by atoms with E-state index in [1.165, 1.54) is 40.7 Å². The van der Waals surface area contributed by atoms with Crippen molar-refractivity contribution in [3.63, 3.8) is 0 Å². The molecule has 0 spiro atoms. The molecule has 1 aliphatic carbocycles. The average molecular weight is 366 g/mol. The van der Waals surface area contributed by atoms with Gasteiger partial charge in [0.2, 0.25) is 0 Å². The van der Waals surface area contributed by atoms with Gasteiger partial charge in [-0.2, -0.15) is 0 Å². The van der Waals surface area contributed by atoms with E-state index in [0.29, 0.717) is 6.54 Å². The van der Waals surface area contributed by atoms with Crippen LogP contribution in [0.15, 0.2) is 36.4 Å². The number of aryl methyl sites for hydroxylation is 4. The molecule has 2 aromatic rings. The normalized spacial score (nSPS) is 14.3. The van der Waals surface area contributed by atoms with E-state index < -0.39 is 6.10 Å². The van der Waals surface area contributed by atoms with Crippen molar-refractivity contribution in [3.05, 3.63) is 64.2 Å². The summed E-state index contributed by atoms with van der Waals surface area (Å²) in [7, 11) is 0. The molecule has 0 saturated carbocycles. The molecule has 0 bridgehead atoms. The number of fused-ring (bicyclic) bond motifs is 1. The van der Waals surface area contributed by atoms with Crippen molar-refractivity contribution >= 4 is 5.91 Å². The molecule has 3 rings (SSSR count). The Hall–Kier alpha value is -2.29. The van der Waals surface area contributed by atoms with Crippen LogP contribution in [0.25, 0.3) is 0 Å². The molecule has 0 saturated heterocycles. The first-order valence-corrected chi connectivity index (χ1v) is 10.3. The maximum atomic E-state index is 12.5. The summed E-state index contributed by atoms with van der Waals surface area (Å²) in [6.45, 7) is 6.66. The maximum absolute atomic E-state index is 12.5. The molecule has 0 radical (unpaired) electrons. The number of carbonyl (C=O) groups excluding carboxylic acids is 1. The van der Waals surface area contributed by atoms with Crippen LogP contribution in [-0.4, -0.2) is 12.0 Å². The summed E-state index contributed by atoms with van der Waals surface area (Å²) in [6.07, 6.45) is 6.24. The number of rotatable bonds is 7. The van der Waals surface area contributed by atoms with Crippen molar-refractivity contribution in [1.29, 1.82) is 0 Å². The Morgan fingerprint density at radius 2 is 1.78 bits per heavy atom. The van der Waals surface area contributed by atoms with E-state index in [4.69, 9.17) is 4.74 Å². The van der Waals surface area contributed by atoms with Gasteiger partial charge in [0.05, 0.1) is 0 Å². The fourth-order valence-corrected chi connectivity index (χ4v) is 3.78. The van der Waals surface area contributed by atoms with Crippen LogP contribution in [0.2, 0.25) is 0 Å². The number of hydrogen-bond donors (Lipinski definition) is 1. The van der Waals surface area contributed by atoms with Gasteiger partial charge >= 0.3 is 0 Å². The van der Waals surface area contributed by atoms with E-state index in [2.05, 4.69) is 49.5 Å². The zero-order valence-corrected chi connectivity index (χ0v) is 16.8. The molecular formula is C24H31NO2. The summed E-state index contributed by atoms with van der Waals surface area (Å²) in [5.41, 5.74) is 6.58. The van der Waals surface area contributed by atoms with E-state index in [-0.39, 0.29) is 5.91 Å². The average Bonchev–Trinajstić information content (AvgIpc) is 2.71. The Labute approximate surface area is 163 Å². The lowest BCUT2D eigenvalue weighted by Crippen LogP contribution is -2.36. The standard InChI is InChI=1S/C24H31NO2/c1-4-18-10-11-19(5-2)22(14-18)16-25-24(26)17(3)27-23-13-12-20-8-6-7-9-21(20)15-23/h10-15,17H,4-9,16H2,1-3H3,(H,25,26). The molecule has 144 valence electrons. The number of hydrogen-bond acceptors (Lipinski definition) is 2. The zero-order chi connectivity index (χ0) is 19.2. The van der Waals surface area contributed by atoms with Gasteiger partial charge in [0.25, 0.3) is 5.91 Å². The quantitative estimate of drug-likeness (QED) is 0.767. The molecule has 0 aliphatic heterocycles. The van der Waals surface area contributed by atoms with Crippen LogP contribution in [-0.2, 0) is 37.0 Å². The van der Waals surface area contributed by atoms with Crippen molar-refractivity contribution in [1.82, 2.24) is 5.32 Å². The Morgan fingerprint density at radius 3 is 2.52 bits per heavy atom. The summed E-state index contributed by atoms with van der Waals surface area (Å²) >= 11 is 0. The summed E-state index contributed by atoms with van der Waals surface area (Å²) in [6, 6.07) is 12.8. The Balaban J connectivity index is 1.60. The van der Waals surface area contributed by atoms with Crippen molar-refractivity contribution < 1.29 is 9.53 Å². The monoisotopic (exact) mass is 365 g/mol. The number of amides is 1. The first-order chi connectivity index (χ1) is 13.1. The van der Waals surface area contributed by atoms with Gasteiger partial charge in [-0.15, -0.1) is 0 Å². The SMILES string of the molecule is CCc1ccc(CC)c(CNC(=O)C(C)Oc2ccc3c(c2)CCCC3)c1. The smallest absolute Gasteiger partial charge is 0.261 e. The first kappa shape index (κ1) is 19.5. The third-order valence-corrected chi connectivity index (χ3v) is 5.51. The summed E-state index contributed by atoms with van der Waals surface area (Å²) < 4.78 is 5.92. The maximum Gasteiger partial charge on any atom is 0.261 e. The predicted octanol–water partition coefficient (Wildman–Crippen LogP) is 4.77. The number of benzene rings is 2. The van der Waals surface area contributed by atoms with Crippen LogP contribution >= 0.6 is 0 Å². The lowest BCUT2D eigenvalue weighted by molar-refractivity contribution is -0.127. The molecule has 1 N–H and O–H groups in total. The lowest BCUT2D eigenvalue weighted by atomic mass is 9.92. The van der Waals surface area contributed by atoms with Gasteiger partial charge in [-0.05, 0) is 85.4 Å². The van der Waals surface area contributed by atoms with Crippen molar-refractivity contribution in [3.8, 4) is 5.75 Å². The topological polar surface area (TPSA) is 38.3 Å². The van der Waals surface area contributed by atoms with E-state index in [0.717, 1.165) is 31.4 Å². The van der Waals surface area contributed by atoms with E-state index in [1.807, 2.05) is 13.0 Å². The molecular weight excluding hydrogens is 334 g/mol. The molecule has 0 heterocycles. The molecule has 3 nitrogen and oxygen atoms in total. The number of carbonyl (C=O) groups is 1. The Morgan fingerprint density at radius 1 is 1.00 bits per heavy atom. The number of ether oxygens (including phenoxy) is 1. The molecule has 1 amide bonds. The molecule has 3 heteroatoms. The van der Waals surface area contributed by atoms with Crippen LogP contribution in [0.1, 0.15) is 61.4 Å². The Kier molecular flexibility index (Phi) is 6.54. The summed E-state index contributed by atoms with van der Waals surface area (Å²) in [4.78, 5) is 12.5. The third kappa shape index (κ3) is 4.91. The molecule has 1 atom stereocenters. The second-order valence-electron chi connectivity index (χ2n) is 7.43. The number of nitrogens with one attached hydrogen (secondary N) is 1. The summed E-state index contributed by atoms with van der Waals surface area (Å²) in [5, 5.41) is 3.04. The van der Waals surface area contributed by atoms with Gasteiger partial charge in [-0.3, -0.25) is 4.79 Å². The molecule has 0 aromatic heterocycles. The molecule has 0 fully saturated rings. The second kappa shape index (κ2) is 9.07. The molecule has 1 aliphatic rings. The molecule has 2 aromatic carbocycles. The highest BCUT2D eigenvalue weighted by Gasteiger charge is 2.16. The van der Waals surface area contributed by atoms with Crippen molar-refractivity contribution in [2.24, 2.45) is 0 Å². The zero-order valence-electron chi connectivity index (χ0n) is 16.8. The third-order valence-electron chi connectivity index (χ3n) is 5.51. The van der Waals surface area contributed by atoms with Gasteiger partial charge < -0.3 is 10.1 Å². The predicted molar refractivity (Wildman–Crippen MR) is 110 cm³/mol. The van der Waals surface area contributed by atoms with Gasteiger partial charge in [-0.25, -0.2) is 0 Å². The fourth-order valence-electron chi connectivity index (χ4n) is 3.78. The Bertz CT molecular complexity index is 797. The first-order valence-electron chi connectivity index (χ1n) is 10.3. The van der Waals surface area contributed by atoms with Gasteiger partial charge in [0.1, 0.15) is 5.75 Å². The van der Waals surface area contributed by atoms with Crippen LogP contribution in [0.3, 0.4) is 0 Å². The van der Waals surface area contributed by atoms with E-state index in [9.17, 15) is 4.79 Å². The molecule has 27 heavy (non-hydrogen) atoms. The minimum Gasteiger partial charge on any atom is -0.481 e. The van der Waals surface area contributed by atoms with E-state index >= 15 is 0 Å². The van der Waals surface area contributed by atoms with Crippen LogP contribution in [0.4, 0.5) is 0 Å². The minimum atomic E-state index is -0.508. The second-order valence-corrected chi connectivity index (χ2v) is 7.43. The van der Waals surface area contributed by atoms with E-state index in [1.54, 1.807) is 0 Å². The fraction of sp³-hybridized carbons (Fsp3) is 0.458. The van der Waals surface area contributed by atoms with Crippen molar-refractivity contribution in [2.75, 3.05) is 0 Å². The largest absolute Gasteiger partial charge is 0.481 e. The van der Waals surface area contributed by atoms with Gasteiger partial charge in [-0.1, -0.05) is 38.1 Å². The lowest BCUT2D eigenvalue weighted by Gasteiger charge is -2.19. The van der Waals surface area contributed by atoms with Crippen LogP contribution in [0, 0.1) is 0 Å². The minimum absolute atomic E-state index is 0.0725. The van der Waals surface area contributed by atoms with Gasteiger partial charge in [0, 0.05) is 6.54 Å². The highest BCUT2D eigenvalue weighted by Crippen LogP contribution is 2.26.